The van der Waals surface area contributed by atoms with Crippen molar-refractivity contribution in [3.8, 4) is 16.2 Å². The second-order valence-corrected chi connectivity index (χ2v) is 6.34. The van der Waals surface area contributed by atoms with Crippen molar-refractivity contribution in [3.63, 3.8) is 0 Å². The molecular weight excluding hydrogens is 292 g/mol. The molecule has 4 heteroatoms. The first kappa shape index (κ1) is 13.3. The van der Waals surface area contributed by atoms with Crippen LogP contribution in [-0.4, -0.2) is 18.1 Å². The van der Waals surface area contributed by atoms with Gasteiger partial charge in [0.1, 0.15) is 17.4 Å². The van der Waals surface area contributed by atoms with Gasteiger partial charge in [0.25, 0.3) is 0 Å². The molecule has 1 aromatic heterocycles. The molecule has 22 heavy (non-hydrogen) atoms. The van der Waals surface area contributed by atoms with E-state index in [1.807, 2.05) is 24.4 Å². The van der Waals surface area contributed by atoms with Crippen molar-refractivity contribution in [2.45, 2.75) is 6.54 Å². The second-order valence-electron chi connectivity index (χ2n) is 5.22. The number of anilines is 1. The van der Waals surface area contributed by atoms with Gasteiger partial charge in [-0.25, -0.2) is 4.98 Å². The number of hydrogen-bond donors (Lipinski definition) is 0. The van der Waals surface area contributed by atoms with E-state index in [0.717, 1.165) is 36.1 Å². The van der Waals surface area contributed by atoms with E-state index in [-0.39, 0.29) is 0 Å². The Hall–Kier alpha value is -2.33. The Morgan fingerprint density at radius 2 is 1.86 bits per heavy atom. The van der Waals surface area contributed by atoms with Crippen LogP contribution in [0.5, 0.6) is 5.75 Å². The highest BCUT2D eigenvalue weighted by Gasteiger charge is 2.18. The number of para-hydroxylation sites is 2. The van der Waals surface area contributed by atoms with Gasteiger partial charge in [0.2, 0.25) is 0 Å². The average Bonchev–Trinajstić information content (AvgIpc) is 3.05. The van der Waals surface area contributed by atoms with E-state index in [9.17, 15) is 0 Å². The van der Waals surface area contributed by atoms with Gasteiger partial charge in [-0.1, -0.05) is 42.5 Å². The highest BCUT2D eigenvalue weighted by molar-refractivity contribution is 7.15. The molecule has 4 rings (SSSR count). The highest BCUT2D eigenvalue weighted by Crippen LogP contribution is 2.33. The Labute approximate surface area is 133 Å². The summed E-state index contributed by atoms with van der Waals surface area (Å²) >= 11 is 1.76. The number of hydrogen-bond acceptors (Lipinski definition) is 4. The van der Waals surface area contributed by atoms with Gasteiger partial charge in [-0.05, 0) is 17.7 Å². The summed E-state index contributed by atoms with van der Waals surface area (Å²) in [5.41, 5.74) is 2.39. The van der Waals surface area contributed by atoms with E-state index in [1.54, 1.807) is 11.3 Å². The van der Waals surface area contributed by atoms with Crippen molar-refractivity contribution in [2.24, 2.45) is 0 Å². The van der Waals surface area contributed by atoms with Crippen molar-refractivity contribution in [1.29, 1.82) is 0 Å². The van der Waals surface area contributed by atoms with Gasteiger partial charge < -0.3 is 9.64 Å². The van der Waals surface area contributed by atoms with Gasteiger partial charge >= 0.3 is 0 Å². The van der Waals surface area contributed by atoms with E-state index < -0.39 is 0 Å². The van der Waals surface area contributed by atoms with Crippen LogP contribution in [0.3, 0.4) is 0 Å². The van der Waals surface area contributed by atoms with Crippen LogP contribution in [0, 0.1) is 0 Å². The molecule has 0 fully saturated rings. The minimum Gasteiger partial charge on any atom is -0.490 e. The number of thiazole rings is 1. The number of ether oxygens (including phenoxy) is 1. The molecule has 0 bridgehead atoms. The zero-order valence-electron chi connectivity index (χ0n) is 12.1. The Morgan fingerprint density at radius 3 is 2.77 bits per heavy atom. The molecule has 3 nitrogen and oxygen atoms in total. The molecule has 0 radical (unpaired) electrons. The maximum Gasteiger partial charge on any atom is 0.142 e. The highest BCUT2D eigenvalue weighted by atomic mass is 32.1. The van der Waals surface area contributed by atoms with Crippen LogP contribution in [0.1, 0.15) is 5.01 Å². The van der Waals surface area contributed by atoms with E-state index in [1.165, 1.54) is 10.4 Å². The molecule has 0 amide bonds. The number of fused-ring (bicyclic) bond motifs is 1. The van der Waals surface area contributed by atoms with E-state index in [0.29, 0.717) is 0 Å². The minimum atomic E-state index is 0.730. The molecule has 0 unspecified atom stereocenters. The molecule has 0 saturated heterocycles. The quantitative estimate of drug-likeness (QED) is 0.725. The molecule has 2 aromatic carbocycles. The SMILES string of the molecule is c1ccc(-c2cnc(CN3CCOc4ccccc43)s2)cc1. The smallest absolute Gasteiger partial charge is 0.142 e. The van der Waals surface area contributed by atoms with Crippen LogP contribution in [0.4, 0.5) is 5.69 Å². The van der Waals surface area contributed by atoms with Crippen molar-refractivity contribution >= 4 is 17.0 Å². The molecule has 1 aliphatic rings. The Kier molecular flexibility index (Phi) is 3.52. The van der Waals surface area contributed by atoms with Crippen LogP contribution in [0.2, 0.25) is 0 Å². The second kappa shape index (κ2) is 5.81. The number of nitrogens with zero attached hydrogens (tertiary/aromatic N) is 2. The summed E-state index contributed by atoms with van der Waals surface area (Å²) in [6.07, 6.45) is 1.97. The summed E-state index contributed by atoms with van der Waals surface area (Å²) in [5, 5.41) is 1.13. The summed E-state index contributed by atoms with van der Waals surface area (Å²) in [5.74, 6) is 0.966. The first-order valence-corrected chi connectivity index (χ1v) is 8.19. The van der Waals surface area contributed by atoms with Gasteiger partial charge in [-0.2, -0.15) is 0 Å². The van der Waals surface area contributed by atoms with Crippen LogP contribution in [0.25, 0.3) is 10.4 Å². The summed E-state index contributed by atoms with van der Waals surface area (Å²) < 4.78 is 5.71. The first-order chi connectivity index (χ1) is 10.9. The summed E-state index contributed by atoms with van der Waals surface area (Å²) in [7, 11) is 0. The lowest BCUT2D eigenvalue weighted by Crippen LogP contribution is -2.32. The zero-order valence-corrected chi connectivity index (χ0v) is 12.9. The standard InChI is InChI=1S/C18H16N2OS/c1-2-6-14(7-3-1)17-12-19-18(22-17)13-20-10-11-21-16-9-5-4-8-15(16)20/h1-9,12H,10-11,13H2. The van der Waals surface area contributed by atoms with Gasteiger partial charge in [-0.15, -0.1) is 11.3 Å². The van der Waals surface area contributed by atoms with Crippen LogP contribution in [0.15, 0.2) is 60.8 Å². The molecule has 0 N–H and O–H groups in total. The normalized spacial score (nSPS) is 13.5. The fraction of sp³-hybridized carbons (Fsp3) is 0.167. The fourth-order valence-corrected chi connectivity index (χ4v) is 3.61. The Bertz CT molecular complexity index is 770. The predicted molar refractivity (Wildman–Crippen MR) is 90.5 cm³/mol. The van der Waals surface area contributed by atoms with Gasteiger partial charge in [0, 0.05) is 6.20 Å². The van der Waals surface area contributed by atoms with Crippen molar-refractivity contribution in [1.82, 2.24) is 4.98 Å². The lowest BCUT2D eigenvalue weighted by atomic mass is 10.2. The predicted octanol–water partition coefficient (Wildman–Crippen LogP) is 4.21. The summed E-state index contributed by atoms with van der Waals surface area (Å²) in [6.45, 7) is 2.46. The van der Waals surface area contributed by atoms with E-state index in [4.69, 9.17) is 4.74 Å². The van der Waals surface area contributed by atoms with Crippen molar-refractivity contribution < 1.29 is 4.74 Å². The molecule has 1 aliphatic heterocycles. The van der Waals surface area contributed by atoms with Gasteiger partial charge in [-0.3, -0.25) is 0 Å². The molecule has 110 valence electrons. The van der Waals surface area contributed by atoms with Crippen LogP contribution < -0.4 is 9.64 Å². The maximum atomic E-state index is 5.71. The molecule has 0 atom stereocenters. The zero-order chi connectivity index (χ0) is 14.8. The third-order valence-electron chi connectivity index (χ3n) is 3.76. The topological polar surface area (TPSA) is 25.4 Å². The number of rotatable bonds is 3. The maximum absolute atomic E-state index is 5.71. The van der Waals surface area contributed by atoms with Gasteiger partial charge in [0.05, 0.1) is 23.7 Å². The molecular formula is C18H16N2OS. The third-order valence-corrected chi connectivity index (χ3v) is 4.79. The molecule has 0 spiro atoms. The minimum absolute atomic E-state index is 0.730. The lowest BCUT2D eigenvalue weighted by Gasteiger charge is -2.30. The van der Waals surface area contributed by atoms with E-state index >= 15 is 0 Å². The van der Waals surface area contributed by atoms with Gasteiger partial charge in [0.15, 0.2) is 0 Å². The Balaban J connectivity index is 1.57. The summed E-state index contributed by atoms with van der Waals surface area (Å²) in [4.78, 5) is 8.15. The molecule has 0 aliphatic carbocycles. The first-order valence-electron chi connectivity index (χ1n) is 7.37. The molecule has 0 saturated carbocycles. The average molecular weight is 308 g/mol. The summed E-state index contributed by atoms with van der Waals surface area (Å²) in [6, 6.07) is 18.6. The number of aromatic nitrogens is 1. The fourth-order valence-electron chi connectivity index (χ4n) is 2.67. The molecule has 2 heterocycles. The van der Waals surface area contributed by atoms with Crippen LogP contribution >= 0.6 is 11.3 Å². The van der Waals surface area contributed by atoms with Crippen LogP contribution in [-0.2, 0) is 6.54 Å². The lowest BCUT2D eigenvalue weighted by molar-refractivity contribution is 0.307. The third kappa shape index (κ3) is 2.57. The van der Waals surface area contributed by atoms with E-state index in [2.05, 4.69) is 46.3 Å². The van der Waals surface area contributed by atoms with Crippen molar-refractivity contribution in [3.05, 3.63) is 65.8 Å². The Morgan fingerprint density at radius 1 is 1.05 bits per heavy atom. The van der Waals surface area contributed by atoms with Crippen molar-refractivity contribution in [2.75, 3.05) is 18.1 Å². The monoisotopic (exact) mass is 308 g/mol. The largest absolute Gasteiger partial charge is 0.490 e. The molecule has 3 aromatic rings. The number of benzene rings is 2.